The maximum Gasteiger partial charge on any atom is 0.339 e. The molecule has 0 amide bonds. The van der Waals surface area contributed by atoms with E-state index in [1.165, 1.54) is 26.2 Å². The number of carbonyl (C=O) groups is 1. The van der Waals surface area contributed by atoms with Crippen molar-refractivity contribution in [3.8, 4) is 0 Å². The molecule has 0 aliphatic heterocycles. The summed E-state index contributed by atoms with van der Waals surface area (Å²) >= 11 is 0. The van der Waals surface area contributed by atoms with Crippen LogP contribution in [0.1, 0.15) is 16.1 Å². The van der Waals surface area contributed by atoms with Crippen molar-refractivity contribution in [1.29, 1.82) is 0 Å². The van der Waals surface area contributed by atoms with Gasteiger partial charge in [-0.1, -0.05) is 0 Å². The maximum atomic E-state index is 12.2. The first-order valence-electron chi connectivity index (χ1n) is 5.85. The quantitative estimate of drug-likeness (QED) is 0.723. The van der Waals surface area contributed by atoms with E-state index in [0.717, 1.165) is 0 Å². The van der Waals surface area contributed by atoms with Crippen LogP contribution in [-0.4, -0.2) is 35.0 Å². The molecule has 0 bridgehead atoms. The fourth-order valence-electron chi connectivity index (χ4n) is 2.08. The van der Waals surface area contributed by atoms with Crippen molar-refractivity contribution in [3.63, 3.8) is 0 Å². The van der Waals surface area contributed by atoms with Crippen LogP contribution in [0.5, 0.6) is 0 Å². The Labute approximate surface area is 112 Å². The molecule has 0 aromatic carbocycles. The first-order valence-corrected chi connectivity index (χ1v) is 5.85. The number of hydrogen-bond donors (Lipinski definition) is 1. The number of fused-ring (bicyclic) bond motifs is 1. The van der Waals surface area contributed by atoms with Gasteiger partial charge in [-0.3, -0.25) is 9.48 Å². The summed E-state index contributed by atoms with van der Waals surface area (Å²) in [4.78, 5) is 23.4. The zero-order valence-electron chi connectivity index (χ0n) is 10.6. The highest BCUT2D eigenvalue weighted by Crippen LogP contribution is 2.09. The summed E-state index contributed by atoms with van der Waals surface area (Å²) in [5.74, 6) is -1.06. The Hall–Kier alpha value is -2.90. The highest BCUT2D eigenvalue weighted by Gasteiger charge is 2.16. The van der Waals surface area contributed by atoms with Gasteiger partial charge in [0.15, 0.2) is 0 Å². The van der Waals surface area contributed by atoms with Gasteiger partial charge in [-0.15, -0.1) is 0 Å². The molecule has 0 aliphatic rings. The van der Waals surface area contributed by atoms with Gasteiger partial charge < -0.3 is 9.67 Å². The topological polar surface area (TPSA) is 94.4 Å². The molecular formula is C12H11N5O3. The van der Waals surface area contributed by atoms with E-state index in [1.54, 1.807) is 25.5 Å². The largest absolute Gasteiger partial charge is 0.478 e. The summed E-state index contributed by atoms with van der Waals surface area (Å²) in [6, 6.07) is 1.61. The number of nitrogens with zero attached hydrogens (tertiary/aromatic N) is 5. The first-order chi connectivity index (χ1) is 9.58. The van der Waals surface area contributed by atoms with E-state index in [9.17, 15) is 9.59 Å². The van der Waals surface area contributed by atoms with Crippen LogP contribution in [0.3, 0.4) is 0 Å². The molecule has 3 aromatic rings. The number of rotatable bonds is 3. The number of carboxylic acids is 1. The van der Waals surface area contributed by atoms with E-state index < -0.39 is 5.97 Å². The van der Waals surface area contributed by atoms with E-state index >= 15 is 0 Å². The summed E-state index contributed by atoms with van der Waals surface area (Å²) in [5, 5.41) is 17.0. The first kappa shape index (κ1) is 12.2. The second-order valence-corrected chi connectivity index (χ2v) is 4.33. The van der Waals surface area contributed by atoms with Crippen molar-refractivity contribution in [2.75, 3.05) is 0 Å². The molecule has 8 heteroatoms. The molecule has 3 rings (SSSR count). The van der Waals surface area contributed by atoms with Gasteiger partial charge in [-0.25, -0.2) is 9.31 Å². The Kier molecular flexibility index (Phi) is 2.63. The Morgan fingerprint density at radius 3 is 2.90 bits per heavy atom. The monoisotopic (exact) mass is 273 g/mol. The molecule has 0 saturated carbocycles. The molecule has 0 spiro atoms. The van der Waals surface area contributed by atoms with Crippen LogP contribution in [0.2, 0.25) is 0 Å². The van der Waals surface area contributed by atoms with E-state index in [2.05, 4.69) is 10.2 Å². The van der Waals surface area contributed by atoms with Gasteiger partial charge in [-0.05, 0) is 6.07 Å². The minimum atomic E-state index is -1.06. The van der Waals surface area contributed by atoms with Crippen LogP contribution in [-0.2, 0) is 13.6 Å². The Balaban J connectivity index is 2.10. The summed E-state index contributed by atoms with van der Waals surface area (Å²) < 4.78 is 4.36. The van der Waals surface area contributed by atoms with E-state index in [0.29, 0.717) is 11.2 Å². The minimum Gasteiger partial charge on any atom is -0.478 e. The molecule has 0 unspecified atom stereocenters. The number of aryl methyl sites for hydroxylation is 1. The molecular weight excluding hydrogens is 262 g/mol. The van der Waals surface area contributed by atoms with Crippen molar-refractivity contribution in [1.82, 2.24) is 24.0 Å². The Morgan fingerprint density at radius 2 is 2.15 bits per heavy atom. The van der Waals surface area contributed by atoms with Crippen molar-refractivity contribution >= 4 is 11.5 Å². The second kappa shape index (κ2) is 4.34. The summed E-state index contributed by atoms with van der Waals surface area (Å²) in [6.07, 6.45) is 6.03. The molecule has 3 heterocycles. The predicted octanol–water partition coefficient (Wildman–Crippen LogP) is -0.0240. The number of carboxylic acid groups (broad SMARTS) is 1. The summed E-state index contributed by atoms with van der Waals surface area (Å²) in [5.41, 5.74) is 0.755. The lowest BCUT2D eigenvalue weighted by atomic mass is 10.2. The molecule has 0 aliphatic carbocycles. The van der Waals surface area contributed by atoms with Crippen LogP contribution in [0.15, 0.2) is 35.6 Å². The second-order valence-electron chi connectivity index (χ2n) is 4.33. The highest BCUT2D eigenvalue weighted by molar-refractivity contribution is 5.88. The fraction of sp³-hybridized carbons (Fsp3) is 0.167. The third-order valence-electron chi connectivity index (χ3n) is 3.15. The number of aromatic nitrogens is 5. The van der Waals surface area contributed by atoms with Gasteiger partial charge in [0.25, 0.3) is 5.56 Å². The lowest BCUT2D eigenvalue weighted by Gasteiger charge is -2.07. The Morgan fingerprint density at radius 1 is 1.35 bits per heavy atom. The molecule has 8 nitrogen and oxygen atoms in total. The van der Waals surface area contributed by atoms with Crippen molar-refractivity contribution in [2.45, 2.75) is 6.54 Å². The van der Waals surface area contributed by atoms with Crippen LogP contribution >= 0.6 is 0 Å². The summed E-state index contributed by atoms with van der Waals surface area (Å²) in [7, 11) is 1.64. The van der Waals surface area contributed by atoms with Crippen molar-refractivity contribution in [2.24, 2.45) is 7.05 Å². The maximum absolute atomic E-state index is 12.2. The third kappa shape index (κ3) is 1.78. The SMILES string of the molecule is Cn1ncc(C(=O)O)c1Cn1ccn2nccc2c1=O. The molecule has 0 atom stereocenters. The third-order valence-corrected chi connectivity index (χ3v) is 3.15. The zero-order valence-corrected chi connectivity index (χ0v) is 10.6. The normalized spacial score (nSPS) is 11.1. The van der Waals surface area contributed by atoms with Gasteiger partial charge in [0.05, 0.1) is 24.6 Å². The zero-order chi connectivity index (χ0) is 14.3. The number of aromatic carboxylic acids is 1. The number of hydrogen-bond acceptors (Lipinski definition) is 4. The van der Waals surface area contributed by atoms with Crippen LogP contribution in [0.4, 0.5) is 0 Å². The van der Waals surface area contributed by atoms with E-state index in [1.807, 2.05) is 0 Å². The highest BCUT2D eigenvalue weighted by atomic mass is 16.4. The molecule has 0 saturated heterocycles. The van der Waals surface area contributed by atoms with Crippen LogP contribution < -0.4 is 5.56 Å². The molecule has 0 fully saturated rings. The molecule has 3 aromatic heterocycles. The van der Waals surface area contributed by atoms with Gasteiger partial charge in [0.1, 0.15) is 11.1 Å². The van der Waals surface area contributed by atoms with Crippen molar-refractivity contribution < 1.29 is 9.90 Å². The smallest absolute Gasteiger partial charge is 0.339 e. The fourth-order valence-corrected chi connectivity index (χ4v) is 2.08. The van der Waals surface area contributed by atoms with E-state index in [-0.39, 0.29) is 17.7 Å². The average molecular weight is 273 g/mol. The van der Waals surface area contributed by atoms with Crippen molar-refractivity contribution in [3.05, 3.63) is 52.5 Å². The van der Waals surface area contributed by atoms with E-state index in [4.69, 9.17) is 5.11 Å². The summed E-state index contributed by atoms with van der Waals surface area (Å²) in [6.45, 7) is 0.138. The lowest BCUT2D eigenvalue weighted by Crippen LogP contribution is -2.23. The van der Waals surface area contributed by atoms with Gasteiger partial charge in [0.2, 0.25) is 0 Å². The average Bonchev–Trinajstić information content (AvgIpc) is 3.01. The molecule has 20 heavy (non-hydrogen) atoms. The molecule has 1 N–H and O–H groups in total. The van der Waals surface area contributed by atoms with Gasteiger partial charge >= 0.3 is 5.97 Å². The predicted molar refractivity (Wildman–Crippen MR) is 68.7 cm³/mol. The van der Waals surface area contributed by atoms with Gasteiger partial charge in [0, 0.05) is 19.4 Å². The van der Waals surface area contributed by atoms with Gasteiger partial charge in [-0.2, -0.15) is 10.2 Å². The molecule has 0 radical (unpaired) electrons. The molecule has 102 valence electrons. The van der Waals surface area contributed by atoms with Crippen LogP contribution in [0, 0.1) is 0 Å². The minimum absolute atomic E-state index is 0.0905. The van der Waals surface area contributed by atoms with Crippen LogP contribution in [0.25, 0.3) is 5.52 Å². The standard InChI is InChI=1S/C12H11N5O3/c1-15-10(8(6-14-15)12(19)20)7-16-4-5-17-9(11(16)18)2-3-13-17/h2-6H,7H2,1H3,(H,19,20). The lowest BCUT2D eigenvalue weighted by molar-refractivity contribution is 0.0695. The Bertz CT molecular complexity index is 857.